The third-order valence-electron chi connectivity index (χ3n) is 3.15. The van der Waals surface area contributed by atoms with Crippen LogP contribution in [0.4, 0.5) is 0 Å². The zero-order valence-corrected chi connectivity index (χ0v) is 11.1. The van der Waals surface area contributed by atoms with E-state index in [-0.39, 0.29) is 0 Å². The Morgan fingerprint density at radius 3 is 3.00 bits per heavy atom. The first kappa shape index (κ1) is 11.5. The van der Waals surface area contributed by atoms with Crippen LogP contribution in [0.15, 0.2) is 41.9 Å². The molecule has 1 aromatic carbocycles. The Morgan fingerprint density at radius 1 is 1.28 bits per heavy atom. The predicted molar refractivity (Wildman–Crippen MR) is 77.2 cm³/mol. The molecule has 2 heterocycles. The number of hydrogen-bond donors (Lipinski definition) is 1. The van der Waals surface area contributed by atoms with E-state index >= 15 is 0 Å². The van der Waals surface area contributed by atoms with Gasteiger partial charge in [0.05, 0.1) is 6.61 Å². The fraction of sp³-hybridized carbons (Fsp3) is 0.200. The third-order valence-corrected chi connectivity index (χ3v) is 4.07. The molecule has 3 aromatic rings. The van der Waals surface area contributed by atoms with Crippen LogP contribution in [-0.4, -0.2) is 18.7 Å². The van der Waals surface area contributed by atoms with Crippen LogP contribution >= 0.6 is 11.3 Å². The summed E-state index contributed by atoms with van der Waals surface area (Å²) in [5.41, 5.74) is 3.81. The highest BCUT2D eigenvalue weighted by molar-refractivity contribution is 7.13. The van der Waals surface area contributed by atoms with E-state index in [1.54, 1.807) is 18.4 Å². The van der Waals surface area contributed by atoms with E-state index in [9.17, 15) is 0 Å². The number of fused-ring (bicyclic) bond motifs is 1. The van der Waals surface area contributed by atoms with Crippen LogP contribution < -0.4 is 0 Å². The van der Waals surface area contributed by atoms with E-state index in [2.05, 4.69) is 46.9 Å². The second kappa shape index (κ2) is 4.96. The number of H-pyrrole nitrogens is 1. The number of rotatable bonds is 4. The molecule has 0 aliphatic rings. The fourth-order valence-electron chi connectivity index (χ4n) is 2.19. The number of aromatic amines is 1. The van der Waals surface area contributed by atoms with E-state index in [0.717, 1.165) is 13.0 Å². The molecule has 0 atom stereocenters. The van der Waals surface area contributed by atoms with Crippen LogP contribution in [-0.2, 0) is 11.2 Å². The van der Waals surface area contributed by atoms with E-state index in [1.165, 1.54) is 26.9 Å². The van der Waals surface area contributed by atoms with Crippen LogP contribution in [0, 0.1) is 0 Å². The Bertz CT molecular complexity index is 640. The molecule has 0 spiro atoms. The van der Waals surface area contributed by atoms with Crippen LogP contribution in [0.2, 0.25) is 0 Å². The van der Waals surface area contributed by atoms with Crippen molar-refractivity contribution in [2.24, 2.45) is 0 Å². The number of benzene rings is 1. The van der Waals surface area contributed by atoms with Crippen molar-refractivity contribution >= 4 is 22.2 Å². The Labute approximate surface area is 110 Å². The second-order valence-corrected chi connectivity index (χ2v) is 5.24. The number of methoxy groups -OCH3 is 1. The van der Waals surface area contributed by atoms with Crippen molar-refractivity contribution in [2.75, 3.05) is 13.7 Å². The minimum atomic E-state index is 0.760. The molecule has 3 heteroatoms. The van der Waals surface area contributed by atoms with E-state index < -0.39 is 0 Å². The molecule has 2 nitrogen and oxygen atoms in total. The summed E-state index contributed by atoms with van der Waals surface area (Å²) in [5.74, 6) is 0. The van der Waals surface area contributed by atoms with Crippen molar-refractivity contribution in [3.8, 4) is 10.4 Å². The zero-order chi connectivity index (χ0) is 12.4. The van der Waals surface area contributed by atoms with Gasteiger partial charge in [-0.3, -0.25) is 0 Å². The van der Waals surface area contributed by atoms with Crippen LogP contribution in [0.25, 0.3) is 21.3 Å². The number of hydrogen-bond acceptors (Lipinski definition) is 2. The monoisotopic (exact) mass is 257 g/mol. The van der Waals surface area contributed by atoms with Gasteiger partial charge in [0, 0.05) is 29.1 Å². The van der Waals surface area contributed by atoms with Crippen molar-refractivity contribution in [1.29, 1.82) is 0 Å². The van der Waals surface area contributed by atoms with E-state index in [0.29, 0.717) is 0 Å². The van der Waals surface area contributed by atoms with Crippen molar-refractivity contribution in [3.05, 3.63) is 47.5 Å². The molecule has 0 radical (unpaired) electrons. The first-order valence-electron chi connectivity index (χ1n) is 6.01. The second-order valence-electron chi connectivity index (χ2n) is 4.29. The molecule has 1 N–H and O–H groups in total. The molecule has 0 unspecified atom stereocenters. The lowest BCUT2D eigenvalue weighted by molar-refractivity contribution is 0.202. The fourth-order valence-corrected chi connectivity index (χ4v) is 2.92. The van der Waals surface area contributed by atoms with Crippen LogP contribution in [0.1, 0.15) is 5.56 Å². The van der Waals surface area contributed by atoms with E-state index in [4.69, 9.17) is 4.74 Å². The average Bonchev–Trinajstić information content (AvgIpc) is 3.05. The summed E-state index contributed by atoms with van der Waals surface area (Å²) in [6.45, 7) is 0.760. The van der Waals surface area contributed by atoms with Gasteiger partial charge >= 0.3 is 0 Å². The van der Waals surface area contributed by atoms with Gasteiger partial charge in [0.15, 0.2) is 0 Å². The lowest BCUT2D eigenvalue weighted by Gasteiger charge is -2.01. The molecule has 0 fully saturated rings. The van der Waals surface area contributed by atoms with Crippen molar-refractivity contribution in [3.63, 3.8) is 0 Å². The number of ether oxygens (including phenoxy) is 1. The highest BCUT2D eigenvalue weighted by Crippen LogP contribution is 2.29. The maximum atomic E-state index is 5.15. The van der Waals surface area contributed by atoms with Crippen molar-refractivity contribution in [1.82, 2.24) is 4.98 Å². The molecule has 0 aliphatic heterocycles. The molecular formula is C15H15NOS. The number of nitrogens with one attached hydrogen (secondary N) is 1. The first-order chi connectivity index (χ1) is 8.88. The van der Waals surface area contributed by atoms with Crippen molar-refractivity contribution in [2.45, 2.75) is 6.42 Å². The lowest BCUT2D eigenvalue weighted by atomic mass is 10.1. The van der Waals surface area contributed by atoms with E-state index in [1.807, 2.05) is 0 Å². The molecule has 92 valence electrons. The Kier molecular flexibility index (Phi) is 3.17. The summed E-state index contributed by atoms with van der Waals surface area (Å²) in [6, 6.07) is 10.8. The van der Waals surface area contributed by atoms with Gasteiger partial charge in [-0.05, 0) is 41.1 Å². The molecular weight excluding hydrogens is 242 g/mol. The zero-order valence-electron chi connectivity index (χ0n) is 10.3. The first-order valence-corrected chi connectivity index (χ1v) is 6.89. The van der Waals surface area contributed by atoms with Gasteiger partial charge < -0.3 is 9.72 Å². The van der Waals surface area contributed by atoms with Gasteiger partial charge in [0.1, 0.15) is 0 Å². The number of thiophene rings is 1. The molecule has 2 aromatic heterocycles. The minimum Gasteiger partial charge on any atom is -0.384 e. The summed E-state index contributed by atoms with van der Waals surface area (Å²) in [6.07, 6.45) is 3.03. The molecule has 3 rings (SSSR count). The van der Waals surface area contributed by atoms with Crippen LogP contribution in [0.3, 0.4) is 0 Å². The Hall–Kier alpha value is -1.58. The number of aromatic nitrogens is 1. The summed E-state index contributed by atoms with van der Waals surface area (Å²) in [4.78, 5) is 4.63. The molecule has 0 saturated carbocycles. The predicted octanol–water partition coefficient (Wildman–Crippen LogP) is 4.09. The Balaban J connectivity index is 2.04. The largest absolute Gasteiger partial charge is 0.384 e. The molecule has 0 bridgehead atoms. The average molecular weight is 257 g/mol. The standard InChI is InChI=1S/C15H15NOS/c1-17-7-6-12-10-16-14-5-4-11(9-13(12)14)15-3-2-8-18-15/h2-5,8-10,16H,6-7H2,1H3. The van der Waals surface area contributed by atoms with Gasteiger partial charge in [-0.1, -0.05) is 12.1 Å². The topological polar surface area (TPSA) is 25.0 Å². The molecule has 0 aliphatic carbocycles. The lowest BCUT2D eigenvalue weighted by Crippen LogP contribution is -1.92. The van der Waals surface area contributed by atoms with Gasteiger partial charge in [-0.25, -0.2) is 0 Å². The van der Waals surface area contributed by atoms with Gasteiger partial charge in [0.25, 0.3) is 0 Å². The highest BCUT2D eigenvalue weighted by Gasteiger charge is 2.06. The smallest absolute Gasteiger partial charge is 0.0503 e. The van der Waals surface area contributed by atoms with Crippen LogP contribution in [0.5, 0.6) is 0 Å². The maximum absolute atomic E-state index is 5.15. The highest BCUT2D eigenvalue weighted by atomic mass is 32.1. The third kappa shape index (κ3) is 2.07. The minimum absolute atomic E-state index is 0.760. The molecule has 0 saturated heterocycles. The van der Waals surface area contributed by atoms with Gasteiger partial charge in [-0.15, -0.1) is 11.3 Å². The van der Waals surface area contributed by atoms with Crippen molar-refractivity contribution < 1.29 is 4.74 Å². The SMILES string of the molecule is COCCc1c[nH]c2ccc(-c3cccs3)cc12. The van der Waals surface area contributed by atoms with Gasteiger partial charge in [-0.2, -0.15) is 0 Å². The summed E-state index contributed by atoms with van der Waals surface area (Å²) in [5, 5.41) is 3.42. The molecule has 18 heavy (non-hydrogen) atoms. The maximum Gasteiger partial charge on any atom is 0.0503 e. The molecule has 0 amide bonds. The normalized spacial score (nSPS) is 11.2. The summed E-state index contributed by atoms with van der Waals surface area (Å²) >= 11 is 1.78. The van der Waals surface area contributed by atoms with Gasteiger partial charge in [0.2, 0.25) is 0 Å². The summed E-state index contributed by atoms with van der Waals surface area (Å²) < 4.78 is 5.15. The Morgan fingerprint density at radius 2 is 2.22 bits per heavy atom. The quantitative estimate of drug-likeness (QED) is 0.748. The summed E-state index contributed by atoms with van der Waals surface area (Å²) in [7, 11) is 1.74.